The summed E-state index contributed by atoms with van der Waals surface area (Å²) in [6.45, 7) is 3.03. The summed E-state index contributed by atoms with van der Waals surface area (Å²) in [6.07, 6.45) is 1.35. The summed E-state index contributed by atoms with van der Waals surface area (Å²) in [5, 5.41) is 6.94. The molecule has 1 amide bonds. The lowest BCUT2D eigenvalue weighted by molar-refractivity contribution is -0.115. The number of benzene rings is 2. The van der Waals surface area contributed by atoms with Gasteiger partial charge in [-0.15, -0.1) is 11.3 Å². The number of amides is 1. The van der Waals surface area contributed by atoms with Crippen LogP contribution in [0.4, 0.5) is 10.8 Å². The number of hydrogen-bond acceptors (Lipinski definition) is 5. The molecule has 4 rings (SSSR count). The standard InChI is InChI=1S/C21H21N3O2S/c1-13-20(16-5-8-18-15(12-16)9-10-22-18)24-21(27-13)23-19(25)11-14-3-6-17(26-2)7-4-14/h3-8,12,22H,9-11H2,1-2H3,(H,23,24,25). The summed E-state index contributed by atoms with van der Waals surface area (Å²) >= 11 is 1.51. The van der Waals surface area contributed by atoms with Crippen molar-refractivity contribution in [1.82, 2.24) is 4.98 Å². The zero-order valence-electron chi connectivity index (χ0n) is 15.3. The molecule has 0 saturated heterocycles. The van der Waals surface area contributed by atoms with Crippen LogP contribution in [-0.2, 0) is 17.6 Å². The van der Waals surface area contributed by atoms with Crippen molar-refractivity contribution < 1.29 is 9.53 Å². The molecule has 6 heteroatoms. The second-order valence-electron chi connectivity index (χ2n) is 6.55. The monoisotopic (exact) mass is 379 g/mol. The second-order valence-corrected chi connectivity index (χ2v) is 7.75. The summed E-state index contributed by atoms with van der Waals surface area (Å²) in [7, 11) is 1.63. The summed E-state index contributed by atoms with van der Waals surface area (Å²) in [4.78, 5) is 18.1. The predicted octanol–water partition coefficient (Wildman–Crippen LogP) is 4.28. The van der Waals surface area contributed by atoms with Gasteiger partial charge in [-0.25, -0.2) is 4.98 Å². The van der Waals surface area contributed by atoms with Gasteiger partial charge in [-0.05, 0) is 48.7 Å². The van der Waals surface area contributed by atoms with E-state index < -0.39 is 0 Å². The minimum Gasteiger partial charge on any atom is -0.497 e. The molecule has 3 aromatic rings. The molecule has 1 aliphatic rings. The van der Waals surface area contributed by atoms with Gasteiger partial charge in [0.2, 0.25) is 5.91 Å². The number of nitrogens with one attached hydrogen (secondary N) is 2. The number of anilines is 2. The first-order valence-corrected chi connectivity index (χ1v) is 9.71. The van der Waals surface area contributed by atoms with Crippen LogP contribution in [-0.4, -0.2) is 24.5 Å². The van der Waals surface area contributed by atoms with E-state index in [0.29, 0.717) is 11.6 Å². The lowest BCUT2D eigenvalue weighted by atomic mass is 10.1. The van der Waals surface area contributed by atoms with Crippen LogP contribution in [0.15, 0.2) is 42.5 Å². The Labute approximate surface area is 162 Å². The lowest BCUT2D eigenvalue weighted by Gasteiger charge is -2.04. The van der Waals surface area contributed by atoms with Gasteiger partial charge in [0.05, 0.1) is 19.2 Å². The highest BCUT2D eigenvalue weighted by Crippen LogP contribution is 2.33. The molecule has 5 nitrogen and oxygen atoms in total. The van der Waals surface area contributed by atoms with Crippen molar-refractivity contribution in [3.63, 3.8) is 0 Å². The van der Waals surface area contributed by atoms with Gasteiger partial charge in [-0.2, -0.15) is 0 Å². The van der Waals surface area contributed by atoms with Gasteiger partial charge >= 0.3 is 0 Å². The van der Waals surface area contributed by atoms with Crippen molar-refractivity contribution in [2.75, 3.05) is 24.3 Å². The Hall–Kier alpha value is -2.86. The molecule has 0 radical (unpaired) electrons. The molecule has 0 aliphatic carbocycles. The number of aryl methyl sites for hydroxylation is 1. The van der Waals surface area contributed by atoms with Gasteiger partial charge in [-0.3, -0.25) is 4.79 Å². The molecule has 2 N–H and O–H groups in total. The molecular weight excluding hydrogens is 358 g/mol. The molecule has 0 unspecified atom stereocenters. The molecule has 0 atom stereocenters. The maximum Gasteiger partial charge on any atom is 0.230 e. The number of nitrogens with zero attached hydrogens (tertiary/aromatic N) is 1. The van der Waals surface area contributed by atoms with Crippen molar-refractivity contribution in [2.24, 2.45) is 0 Å². The number of ether oxygens (including phenoxy) is 1. The Morgan fingerprint density at radius 3 is 2.85 bits per heavy atom. The van der Waals surface area contributed by atoms with Gasteiger partial charge < -0.3 is 15.4 Å². The van der Waals surface area contributed by atoms with Crippen molar-refractivity contribution in [1.29, 1.82) is 0 Å². The second kappa shape index (κ2) is 7.40. The first-order valence-electron chi connectivity index (χ1n) is 8.90. The number of carbonyl (C=O) groups excluding carboxylic acids is 1. The van der Waals surface area contributed by atoms with E-state index >= 15 is 0 Å². The Bertz CT molecular complexity index is 980. The van der Waals surface area contributed by atoms with Crippen LogP contribution in [0.1, 0.15) is 16.0 Å². The van der Waals surface area contributed by atoms with Crippen molar-refractivity contribution >= 4 is 28.1 Å². The average molecular weight is 379 g/mol. The number of thiazole rings is 1. The van der Waals surface area contributed by atoms with E-state index in [9.17, 15) is 4.79 Å². The third-order valence-corrected chi connectivity index (χ3v) is 5.54. The van der Waals surface area contributed by atoms with Gasteiger partial charge in [0.15, 0.2) is 5.13 Å². The number of aromatic nitrogens is 1. The number of hydrogen-bond donors (Lipinski definition) is 2. The van der Waals surface area contributed by atoms with E-state index in [1.807, 2.05) is 31.2 Å². The first kappa shape index (κ1) is 17.5. The Kier molecular flexibility index (Phi) is 4.81. The maximum atomic E-state index is 12.4. The van der Waals surface area contributed by atoms with Gasteiger partial charge in [0, 0.05) is 22.7 Å². The minimum atomic E-state index is -0.0707. The third-order valence-electron chi connectivity index (χ3n) is 4.66. The van der Waals surface area contributed by atoms with Crippen LogP contribution in [0.3, 0.4) is 0 Å². The summed E-state index contributed by atoms with van der Waals surface area (Å²) in [6, 6.07) is 13.9. The van der Waals surface area contributed by atoms with E-state index in [2.05, 4.69) is 33.8 Å². The topological polar surface area (TPSA) is 63.2 Å². The van der Waals surface area contributed by atoms with Crippen LogP contribution in [0.5, 0.6) is 5.75 Å². The largest absolute Gasteiger partial charge is 0.497 e. The fraction of sp³-hybridized carbons (Fsp3) is 0.238. The van der Waals surface area contributed by atoms with Crippen molar-refractivity contribution in [2.45, 2.75) is 19.8 Å². The lowest BCUT2D eigenvalue weighted by Crippen LogP contribution is -2.14. The minimum absolute atomic E-state index is 0.0707. The highest BCUT2D eigenvalue weighted by molar-refractivity contribution is 7.16. The smallest absolute Gasteiger partial charge is 0.230 e. The quantitative estimate of drug-likeness (QED) is 0.695. The van der Waals surface area contributed by atoms with Crippen molar-refractivity contribution in [3.8, 4) is 17.0 Å². The molecular formula is C21H21N3O2S. The van der Waals surface area contributed by atoms with E-state index in [-0.39, 0.29) is 5.91 Å². The van der Waals surface area contributed by atoms with E-state index in [1.54, 1.807) is 7.11 Å². The number of carbonyl (C=O) groups is 1. The molecule has 138 valence electrons. The fourth-order valence-electron chi connectivity index (χ4n) is 3.26. The van der Waals surface area contributed by atoms with Crippen LogP contribution < -0.4 is 15.4 Å². The van der Waals surface area contributed by atoms with Gasteiger partial charge in [-0.1, -0.05) is 18.2 Å². The molecule has 2 aromatic carbocycles. The van der Waals surface area contributed by atoms with E-state index in [0.717, 1.165) is 40.4 Å². The molecule has 0 bridgehead atoms. The van der Waals surface area contributed by atoms with Crippen LogP contribution in [0.25, 0.3) is 11.3 Å². The Balaban J connectivity index is 1.47. The normalized spacial score (nSPS) is 12.4. The van der Waals surface area contributed by atoms with Crippen LogP contribution in [0, 0.1) is 6.92 Å². The van der Waals surface area contributed by atoms with Crippen LogP contribution >= 0.6 is 11.3 Å². The average Bonchev–Trinajstić information content (AvgIpc) is 3.27. The van der Waals surface area contributed by atoms with Gasteiger partial charge in [0.1, 0.15) is 5.75 Å². The molecule has 0 fully saturated rings. The fourth-order valence-corrected chi connectivity index (χ4v) is 4.11. The molecule has 0 saturated carbocycles. The number of rotatable bonds is 5. The predicted molar refractivity (Wildman–Crippen MR) is 110 cm³/mol. The Morgan fingerprint density at radius 2 is 2.07 bits per heavy atom. The first-order chi connectivity index (χ1) is 13.1. The highest BCUT2D eigenvalue weighted by atomic mass is 32.1. The summed E-state index contributed by atoms with van der Waals surface area (Å²) in [5.74, 6) is 0.711. The molecule has 27 heavy (non-hydrogen) atoms. The molecule has 1 aromatic heterocycles. The zero-order valence-corrected chi connectivity index (χ0v) is 16.2. The number of fused-ring (bicyclic) bond motifs is 1. The maximum absolute atomic E-state index is 12.4. The van der Waals surface area contributed by atoms with E-state index in [1.165, 1.54) is 22.6 Å². The number of methoxy groups -OCH3 is 1. The SMILES string of the molecule is COc1ccc(CC(=O)Nc2nc(-c3ccc4c(c3)CCN4)c(C)s2)cc1. The van der Waals surface area contributed by atoms with Crippen molar-refractivity contribution in [3.05, 3.63) is 58.5 Å². The summed E-state index contributed by atoms with van der Waals surface area (Å²) in [5.41, 5.74) is 5.51. The van der Waals surface area contributed by atoms with Crippen LogP contribution in [0.2, 0.25) is 0 Å². The summed E-state index contributed by atoms with van der Waals surface area (Å²) < 4.78 is 5.14. The molecule has 2 heterocycles. The highest BCUT2D eigenvalue weighted by Gasteiger charge is 2.16. The third kappa shape index (κ3) is 3.80. The Morgan fingerprint density at radius 1 is 1.26 bits per heavy atom. The van der Waals surface area contributed by atoms with E-state index in [4.69, 9.17) is 4.74 Å². The zero-order chi connectivity index (χ0) is 18.8. The molecule has 0 spiro atoms. The van der Waals surface area contributed by atoms with Gasteiger partial charge in [0.25, 0.3) is 0 Å². The molecule has 1 aliphatic heterocycles.